The third kappa shape index (κ3) is 4.46. The highest BCUT2D eigenvalue weighted by atomic mass is 19.1. The Labute approximate surface area is 195 Å². The summed E-state index contributed by atoms with van der Waals surface area (Å²) in [4.78, 5) is 28.0. The fourth-order valence-corrected chi connectivity index (χ4v) is 4.51. The van der Waals surface area contributed by atoms with Crippen LogP contribution in [0.3, 0.4) is 0 Å². The summed E-state index contributed by atoms with van der Waals surface area (Å²) in [6.45, 7) is 1.81. The highest BCUT2D eigenvalue weighted by molar-refractivity contribution is 5.94. The van der Waals surface area contributed by atoms with Gasteiger partial charge in [0.15, 0.2) is 17.5 Å². The predicted octanol–water partition coefficient (Wildman–Crippen LogP) is 4.76. The van der Waals surface area contributed by atoms with Crippen molar-refractivity contribution in [3.8, 4) is 11.4 Å². The topological polar surface area (TPSA) is 95.6 Å². The molecule has 3 N–H and O–H groups in total. The van der Waals surface area contributed by atoms with Gasteiger partial charge in [-0.1, -0.05) is 6.07 Å². The van der Waals surface area contributed by atoms with E-state index in [2.05, 4.69) is 30.6 Å². The Balaban J connectivity index is 1.33. The predicted molar refractivity (Wildman–Crippen MR) is 125 cm³/mol. The van der Waals surface area contributed by atoms with E-state index in [-0.39, 0.29) is 29.6 Å². The average Bonchev–Trinajstić information content (AvgIpc) is 3.25. The number of halogens is 2. The quantitative estimate of drug-likeness (QED) is 0.398. The summed E-state index contributed by atoms with van der Waals surface area (Å²) in [6.07, 6.45) is 7.52. The van der Waals surface area contributed by atoms with Crippen LogP contribution in [-0.2, 0) is 0 Å². The number of benzene rings is 1. The fourth-order valence-electron chi connectivity index (χ4n) is 4.51. The zero-order chi connectivity index (χ0) is 23.7. The number of nitrogens with one attached hydrogen (secondary N) is 3. The van der Waals surface area contributed by atoms with Gasteiger partial charge < -0.3 is 15.6 Å². The van der Waals surface area contributed by atoms with Gasteiger partial charge in [-0.25, -0.2) is 18.7 Å². The standard InChI is InChI=1S/C25H24F2N6O/c1-14-9-17-18(12-29-22(17)19(26)10-14)23-30-13-20(27)24(33-23)31-15-5-4-6-16(11-15)32-25(34)21-7-2-3-8-28-21/h2-3,7-10,12-13,15-16,29H,4-6,11H2,1H3,(H,32,34)(H,30,31,33). The average molecular weight is 463 g/mol. The van der Waals surface area contributed by atoms with Crippen LogP contribution in [0.2, 0.25) is 0 Å². The van der Waals surface area contributed by atoms with Gasteiger partial charge in [-0.3, -0.25) is 9.78 Å². The van der Waals surface area contributed by atoms with Crippen molar-refractivity contribution in [2.45, 2.75) is 44.7 Å². The third-order valence-corrected chi connectivity index (χ3v) is 6.12. The zero-order valence-corrected chi connectivity index (χ0v) is 18.6. The molecule has 34 heavy (non-hydrogen) atoms. The first-order chi connectivity index (χ1) is 16.5. The molecule has 5 rings (SSSR count). The number of aryl methyl sites for hydroxylation is 1. The molecule has 1 amide bonds. The van der Waals surface area contributed by atoms with Crippen molar-refractivity contribution < 1.29 is 13.6 Å². The van der Waals surface area contributed by atoms with Crippen LogP contribution in [-0.4, -0.2) is 37.9 Å². The van der Waals surface area contributed by atoms with E-state index >= 15 is 0 Å². The lowest BCUT2D eigenvalue weighted by Gasteiger charge is -2.30. The number of rotatable bonds is 5. The molecule has 2 atom stereocenters. The van der Waals surface area contributed by atoms with E-state index in [0.29, 0.717) is 34.4 Å². The number of nitrogens with zero attached hydrogens (tertiary/aromatic N) is 3. The monoisotopic (exact) mass is 462 g/mol. The summed E-state index contributed by atoms with van der Waals surface area (Å²) in [6, 6.07) is 8.38. The minimum Gasteiger partial charge on any atom is -0.365 e. The molecule has 1 aromatic carbocycles. The molecule has 4 aromatic rings. The normalized spacial score (nSPS) is 18.1. The molecule has 9 heteroatoms. The van der Waals surface area contributed by atoms with Crippen molar-refractivity contribution in [1.29, 1.82) is 0 Å². The van der Waals surface area contributed by atoms with Crippen LogP contribution >= 0.6 is 0 Å². The lowest BCUT2D eigenvalue weighted by molar-refractivity contribution is 0.0921. The second-order valence-electron chi connectivity index (χ2n) is 8.66. The van der Waals surface area contributed by atoms with Gasteiger partial charge in [0.1, 0.15) is 11.5 Å². The van der Waals surface area contributed by atoms with Gasteiger partial charge in [-0.2, -0.15) is 0 Å². The molecule has 1 saturated carbocycles. The Hall–Kier alpha value is -3.88. The van der Waals surface area contributed by atoms with Gasteiger partial charge in [0, 0.05) is 35.4 Å². The van der Waals surface area contributed by atoms with Crippen LogP contribution < -0.4 is 10.6 Å². The van der Waals surface area contributed by atoms with Gasteiger partial charge in [-0.05, 0) is 62.4 Å². The molecule has 174 valence electrons. The first kappa shape index (κ1) is 21.9. The lowest BCUT2D eigenvalue weighted by Crippen LogP contribution is -2.42. The van der Waals surface area contributed by atoms with Crippen molar-refractivity contribution in [2.24, 2.45) is 0 Å². The zero-order valence-electron chi connectivity index (χ0n) is 18.6. The third-order valence-electron chi connectivity index (χ3n) is 6.12. The summed E-state index contributed by atoms with van der Waals surface area (Å²) < 4.78 is 28.9. The van der Waals surface area contributed by atoms with Crippen molar-refractivity contribution in [3.63, 3.8) is 0 Å². The molecule has 3 aromatic heterocycles. The first-order valence-corrected chi connectivity index (χ1v) is 11.3. The van der Waals surface area contributed by atoms with Crippen molar-refractivity contribution in [2.75, 3.05) is 5.32 Å². The van der Waals surface area contributed by atoms with E-state index in [9.17, 15) is 13.6 Å². The fraction of sp³-hybridized carbons (Fsp3) is 0.280. The number of carbonyl (C=O) groups excluding carboxylic acids is 1. The summed E-state index contributed by atoms with van der Waals surface area (Å²) in [5.74, 6) is -0.748. The van der Waals surface area contributed by atoms with Crippen LogP contribution in [0.4, 0.5) is 14.6 Å². The van der Waals surface area contributed by atoms with E-state index in [1.807, 2.05) is 13.0 Å². The Bertz CT molecular complexity index is 1340. The van der Waals surface area contributed by atoms with Crippen LogP contribution in [0.25, 0.3) is 22.3 Å². The van der Waals surface area contributed by atoms with Gasteiger partial charge in [0.2, 0.25) is 0 Å². The molecule has 0 saturated heterocycles. The summed E-state index contributed by atoms with van der Waals surface area (Å²) in [5, 5.41) is 6.85. The molecule has 7 nitrogen and oxygen atoms in total. The number of amides is 1. The summed E-state index contributed by atoms with van der Waals surface area (Å²) in [5.41, 5.74) is 2.10. The number of fused-ring (bicyclic) bond motifs is 1. The van der Waals surface area contributed by atoms with Crippen LogP contribution in [0, 0.1) is 18.6 Å². The smallest absolute Gasteiger partial charge is 0.270 e. The van der Waals surface area contributed by atoms with Gasteiger partial charge in [-0.15, -0.1) is 0 Å². The largest absolute Gasteiger partial charge is 0.365 e. The van der Waals surface area contributed by atoms with Crippen LogP contribution in [0.5, 0.6) is 0 Å². The Morgan fingerprint density at radius 1 is 1.12 bits per heavy atom. The molecule has 3 heterocycles. The van der Waals surface area contributed by atoms with Gasteiger partial charge >= 0.3 is 0 Å². The second kappa shape index (κ2) is 9.17. The van der Waals surface area contributed by atoms with E-state index in [1.54, 1.807) is 30.6 Å². The molecular weight excluding hydrogens is 438 g/mol. The SMILES string of the molecule is Cc1cc(F)c2[nH]cc(-c3ncc(F)c(NC4CCCC(NC(=O)c5ccccn5)C4)n3)c2c1. The van der Waals surface area contributed by atoms with Gasteiger partial charge in [0.25, 0.3) is 5.91 Å². The first-order valence-electron chi connectivity index (χ1n) is 11.3. The molecular formula is C25H24F2N6O. The van der Waals surface area contributed by atoms with Crippen molar-refractivity contribution in [3.05, 3.63) is 71.8 Å². The molecule has 1 aliphatic rings. The van der Waals surface area contributed by atoms with E-state index in [0.717, 1.165) is 31.0 Å². The second-order valence-corrected chi connectivity index (χ2v) is 8.66. The Kier molecular flexibility index (Phi) is 5.91. The maximum absolute atomic E-state index is 14.6. The number of anilines is 1. The lowest BCUT2D eigenvalue weighted by atomic mass is 9.91. The minimum absolute atomic E-state index is 0.0512. The maximum Gasteiger partial charge on any atom is 0.270 e. The molecule has 0 bridgehead atoms. The van der Waals surface area contributed by atoms with Crippen LogP contribution in [0.15, 0.2) is 48.9 Å². The highest BCUT2D eigenvalue weighted by Gasteiger charge is 2.25. The molecule has 1 fully saturated rings. The number of hydrogen-bond acceptors (Lipinski definition) is 5. The van der Waals surface area contributed by atoms with Crippen molar-refractivity contribution in [1.82, 2.24) is 25.3 Å². The minimum atomic E-state index is -0.564. The number of pyridine rings is 1. The Morgan fingerprint density at radius 2 is 1.97 bits per heavy atom. The molecule has 0 aliphatic heterocycles. The van der Waals surface area contributed by atoms with Gasteiger partial charge in [0.05, 0.1) is 11.7 Å². The number of carbonyl (C=O) groups is 1. The Morgan fingerprint density at radius 3 is 2.79 bits per heavy atom. The number of H-pyrrole nitrogens is 1. The number of aromatic nitrogens is 4. The van der Waals surface area contributed by atoms with E-state index in [1.165, 1.54) is 6.07 Å². The van der Waals surface area contributed by atoms with Crippen LogP contribution in [0.1, 0.15) is 41.7 Å². The number of aromatic amines is 1. The molecule has 0 spiro atoms. The summed E-state index contributed by atoms with van der Waals surface area (Å²) in [7, 11) is 0. The molecule has 2 unspecified atom stereocenters. The summed E-state index contributed by atoms with van der Waals surface area (Å²) >= 11 is 0. The van der Waals surface area contributed by atoms with E-state index in [4.69, 9.17) is 0 Å². The van der Waals surface area contributed by atoms with E-state index < -0.39 is 5.82 Å². The molecule has 0 radical (unpaired) electrons. The maximum atomic E-state index is 14.6. The highest BCUT2D eigenvalue weighted by Crippen LogP contribution is 2.30. The number of hydrogen-bond donors (Lipinski definition) is 3. The molecule has 1 aliphatic carbocycles. The van der Waals surface area contributed by atoms with Crippen molar-refractivity contribution >= 4 is 22.6 Å².